The van der Waals surface area contributed by atoms with Gasteiger partial charge in [-0.2, -0.15) is 0 Å². The molecule has 9 nitrogen and oxygen atoms in total. The van der Waals surface area contributed by atoms with Crippen molar-refractivity contribution in [3.05, 3.63) is 60.2 Å². The number of allylic oxidation sites excluding steroid dienone is 1. The number of carbonyl (C=O) groups is 2. The number of aliphatic carboxylic acids is 1. The van der Waals surface area contributed by atoms with E-state index in [0.29, 0.717) is 35.8 Å². The van der Waals surface area contributed by atoms with Crippen molar-refractivity contribution in [1.29, 1.82) is 0 Å². The highest BCUT2D eigenvalue weighted by Crippen LogP contribution is 2.41. The monoisotopic (exact) mass is 471 g/mol. The van der Waals surface area contributed by atoms with E-state index in [-0.39, 0.29) is 20.0 Å². The number of benzene rings is 2. The molecule has 182 valence electrons. The van der Waals surface area contributed by atoms with E-state index in [2.05, 4.69) is 5.32 Å². The molecule has 3 N–H and O–H groups in total. The number of carboxylic acid groups (broad SMARTS) is 1. The molecule has 34 heavy (non-hydrogen) atoms. The third-order valence-corrected chi connectivity index (χ3v) is 5.31. The van der Waals surface area contributed by atoms with E-state index in [1.54, 1.807) is 48.5 Å². The van der Waals surface area contributed by atoms with Gasteiger partial charge in [0.1, 0.15) is 18.5 Å². The first-order valence-electron chi connectivity index (χ1n) is 10.9. The van der Waals surface area contributed by atoms with Crippen molar-refractivity contribution in [3.63, 3.8) is 0 Å². The average molecular weight is 472 g/mol. The number of fused-ring (bicyclic) bond motifs is 1. The van der Waals surface area contributed by atoms with E-state index < -0.39 is 23.6 Å². The molecule has 1 heterocycles. The first-order chi connectivity index (χ1) is 16.3. The number of rotatable bonds is 11. The quantitative estimate of drug-likeness (QED) is 0.409. The lowest BCUT2D eigenvalue weighted by atomic mass is 9.78. The maximum absolute atomic E-state index is 12.8. The topological polar surface area (TPSA) is 124 Å². The summed E-state index contributed by atoms with van der Waals surface area (Å²) in [5.41, 5.74) is 0.732. The van der Waals surface area contributed by atoms with Crippen LogP contribution in [0.25, 0.3) is 0 Å². The number of amides is 1. The number of nitrogens with one attached hydrogen (secondary N) is 1. The zero-order chi connectivity index (χ0) is 24.6. The predicted octanol–water partition coefficient (Wildman–Crippen LogP) is 4.52. The lowest BCUT2D eigenvalue weighted by Crippen LogP contribution is -2.29. The van der Waals surface area contributed by atoms with E-state index in [0.717, 1.165) is 11.6 Å². The highest BCUT2D eigenvalue weighted by Gasteiger charge is 2.34. The van der Waals surface area contributed by atoms with Crippen LogP contribution in [-0.2, 0) is 9.53 Å². The van der Waals surface area contributed by atoms with Crippen molar-refractivity contribution < 1.29 is 38.7 Å². The Balaban J connectivity index is 1.75. The van der Waals surface area contributed by atoms with E-state index in [9.17, 15) is 9.59 Å². The zero-order valence-electron chi connectivity index (χ0n) is 19.2. The van der Waals surface area contributed by atoms with Crippen LogP contribution < -0.4 is 19.5 Å². The van der Waals surface area contributed by atoms with Gasteiger partial charge < -0.3 is 29.2 Å². The van der Waals surface area contributed by atoms with Gasteiger partial charge in [-0.3, -0.25) is 5.32 Å². The Hall–Kier alpha value is -3.72. The number of hydrogen-bond donors (Lipinski definition) is 3. The first-order valence-corrected chi connectivity index (χ1v) is 10.9. The molecule has 0 saturated heterocycles. The maximum Gasteiger partial charge on any atom is 0.412 e. The van der Waals surface area contributed by atoms with Gasteiger partial charge in [-0.1, -0.05) is 32.1 Å². The van der Waals surface area contributed by atoms with Crippen LogP contribution in [0.4, 0.5) is 10.5 Å². The van der Waals surface area contributed by atoms with Crippen LogP contribution in [0, 0.1) is 5.41 Å². The Morgan fingerprint density at radius 2 is 1.88 bits per heavy atom. The van der Waals surface area contributed by atoms with Gasteiger partial charge in [0, 0.05) is 23.2 Å². The minimum Gasteiger partial charge on any atom is -0.491 e. The van der Waals surface area contributed by atoms with E-state index in [4.69, 9.17) is 29.2 Å². The molecule has 9 heteroatoms. The number of ether oxygens (including phenoxy) is 4. The number of carbonyl (C=O) groups excluding carboxylic acids is 1. The molecule has 2 aromatic carbocycles. The van der Waals surface area contributed by atoms with Crippen LogP contribution >= 0.6 is 0 Å². The van der Waals surface area contributed by atoms with Gasteiger partial charge >= 0.3 is 12.1 Å². The summed E-state index contributed by atoms with van der Waals surface area (Å²) in [6.45, 7) is 4.13. The van der Waals surface area contributed by atoms with Crippen molar-refractivity contribution in [2.45, 2.75) is 32.8 Å². The molecule has 0 unspecified atom stereocenters. The lowest BCUT2D eigenvalue weighted by Gasteiger charge is -2.34. The zero-order valence-corrected chi connectivity index (χ0v) is 19.2. The summed E-state index contributed by atoms with van der Waals surface area (Å²) in [4.78, 5) is 23.6. The fraction of sp³-hybridized carbons (Fsp3) is 0.360. The SMILES string of the molecule is CC(C)(CC/C=C/C(=O)O)[C@H](OC(=O)Nc1ccc2c(c1)OCO2)c1ccc(OCCO)cc1. The Morgan fingerprint density at radius 3 is 2.59 bits per heavy atom. The van der Waals surface area contributed by atoms with Crippen molar-refractivity contribution >= 4 is 17.7 Å². The van der Waals surface area contributed by atoms with E-state index in [1.807, 2.05) is 13.8 Å². The molecule has 1 atom stereocenters. The summed E-state index contributed by atoms with van der Waals surface area (Å²) in [6.07, 6.45) is 2.48. The molecule has 3 rings (SSSR count). The standard InChI is InChI=1S/C25H29NO8/c1-25(2,12-4-3-5-22(28)29)23(17-6-9-19(10-7-17)31-14-13-27)34-24(30)26-18-8-11-20-21(15-18)33-16-32-20/h3,5-11,15,23,27H,4,12-14,16H2,1-2H3,(H,26,30)(H,28,29)/b5-3+/t23-/m1/s1. The third kappa shape index (κ3) is 6.89. The number of carboxylic acids is 1. The highest BCUT2D eigenvalue weighted by molar-refractivity contribution is 5.85. The van der Waals surface area contributed by atoms with E-state index in [1.165, 1.54) is 0 Å². The van der Waals surface area contributed by atoms with Crippen LogP contribution in [0.3, 0.4) is 0 Å². The molecule has 0 radical (unpaired) electrons. The second-order valence-electron chi connectivity index (χ2n) is 8.39. The number of anilines is 1. The number of aliphatic hydroxyl groups excluding tert-OH is 1. The molecule has 1 aliphatic rings. The molecule has 0 bridgehead atoms. The summed E-state index contributed by atoms with van der Waals surface area (Å²) in [5, 5.41) is 20.5. The first kappa shape index (κ1) is 24.9. The van der Waals surface area contributed by atoms with Crippen molar-refractivity contribution in [3.8, 4) is 17.2 Å². The van der Waals surface area contributed by atoms with Gasteiger partial charge in [-0.25, -0.2) is 9.59 Å². The largest absolute Gasteiger partial charge is 0.491 e. The number of aliphatic hydroxyl groups is 1. The Morgan fingerprint density at radius 1 is 1.15 bits per heavy atom. The van der Waals surface area contributed by atoms with Crippen molar-refractivity contribution in [2.24, 2.45) is 5.41 Å². The van der Waals surface area contributed by atoms with Crippen LogP contribution in [0.1, 0.15) is 38.4 Å². The van der Waals surface area contributed by atoms with Crippen LogP contribution in [0.5, 0.6) is 17.2 Å². The highest BCUT2D eigenvalue weighted by atomic mass is 16.7. The molecule has 1 amide bonds. The Kier molecular flexibility index (Phi) is 8.37. The second kappa shape index (κ2) is 11.4. The molecule has 0 saturated carbocycles. The molecule has 2 aromatic rings. The summed E-state index contributed by atoms with van der Waals surface area (Å²) >= 11 is 0. The van der Waals surface area contributed by atoms with E-state index >= 15 is 0 Å². The molecular formula is C25H29NO8. The molecule has 0 aromatic heterocycles. The van der Waals surface area contributed by atoms with Gasteiger partial charge in [-0.15, -0.1) is 0 Å². The van der Waals surface area contributed by atoms with Crippen molar-refractivity contribution in [1.82, 2.24) is 0 Å². The Bertz CT molecular complexity index is 1020. The Labute approximate surface area is 197 Å². The van der Waals surface area contributed by atoms with Crippen LogP contribution in [0.2, 0.25) is 0 Å². The third-order valence-electron chi connectivity index (χ3n) is 5.31. The fourth-order valence-corrected chi connectivity index (χ4v) is 3.58. The fourth-order valence-electron chi connectivity index (χ4n) is 3.58. The molecule has 0 spiro atoms. The van der Waals surface area contributed by atoms with Gasteiger partial charge in [0.15, 0.2) is 11.5 Å². The van der Waals surface area contributed by atoms with Crippen LogP contribution in [-0.4, -0.2) is 42.3 Å². The molecule has 0 fully saturated rings. The van der Waals surface area contributed by atoms with Gasteiger partial charge in [-0.05, 0) is 42.7 Å². The van der Waals surface area contributed by atoms with Crippen LogP contribution in [0.15, 0.2) is 54.6 Å². The lowest BCUT2D eigenvalue weighted by molar-refractivity contribution is -0.131. The minimum atomic E-state index is -1.01. The molecule has 0 aliphatic carbocycles. The summed E-state index contributed by atoms with van der Waals surface area (Å²) in [6, 6.07) is 12.2. The number of hydrogen-bond acceptors (Lipinski definition) is 7. The minimum absolute atomic E-state index is 0.0928. The summed E-state index contributed by atoms with van der Waals surface area (Å²) < 4.78 is 21.9. The van der Waals surface area contributed by atoms with Gasteiger partial charge in [0.25, 0.3) is 0 Å². The van der Waals surface area contributed by atoms with Gasteiger partial charge in [0.2, 0.25) is 6.79 Å². The molecular weight excluding hydrogens is 442 g/mol. The predicted molar refractivity (Wildman–Crippen MR) is 124 cm³/mol. The maximum atomic E-state index is 12.8. The normalized spacial score (nSPS) is 13.5. The van der Waals surface area contributed by atoms with Gasteiger partial charge in [0.05, 0.1) is 6.61 Å². The molecule has 1 aliphatic heterocycles. The summed E-state index contributed by atoms with van der Waals surface area (Å²) in [5.74, 6) is 0.727. The average Bonchev–Trinajstić information content (AvgIpc) is 3.27. The second-order valence-corrected chi connectivity index (χ2v) is 8.39. The van der Waals surface area contributed by atoms with Crippen molar-refractivity contribution in [2.75, 3.05) is 25.3 Å². The summed E-state index contributed by atoms with van der Waals surface area (Å²) in [7, 11) is 0. The smallest absolute Gasteiger partial charge is 0.412 e.